The van der Waals surface area contributed by atoms with E-state index in [2.05, 4.69) is 0 Å². The first-order valence-corrected chi connectivity index (χ1v) is 6.37. The van der Waals surface area contributed by atoms with E-state index >= 15 is 0 Å². The standard InChI is InChI=1S/C16H18O3/c1-19-15-12-14(17)9-11-16(15,18)10-5-8-13-6-3-2-4-7-13/h2-8,12,18H,9-11H2,1H3/t16-/m1/s1. The summed E-state index contributed by atoms with van der Waals surface area (Å²) in [7, 11) is 1.48. The highest BCUT2D eigenvalue weighted by Gasteiger charge is 2.35. The number of benzene rings is 1. The Morgan fingerprint density at radius 2 is 2.11 bits per heavy atom. The zero-order valence-corrected chi connectivity index (χ0v) is 11.0. The van der Waals surface area contributed by atoms with Gasteiger partial charge in [0.1, 0.15) is 11.4 Å². The van der Waals surface area contributed by atoms with Crippen LogP contribution in [0.5, 0.6) is 0 Å². The van der Waals surface area contributed by atoms with Gasteiger partial charge < -0.3 is 9.84 Å². The topological polar surface area (TPSA) is 46.5 Å². The van der Waals surface area contributed by atoms with E-state index in [-0.39, 0.29) is 5.78 Å². The van der Waals surface area contributed by atoms with E-state index in [1.165, 1.54) is 13.2 Å². The largest absolute Gasteiger partial charge is 0.498 e. The van der Waals surface area contributed by atoms with Crippen molar-refractivity contribution < 1.29 is 14.6 Å². The first-order chi connectivity index (χ1) is 9.14. The summed E-state index contributed by atoms with van der Waals surface area (Å²) in [6, 6.07) is 9.89. The monoisotopic (exact) mass is 258 g/mol. The Balaban J connectivity index is 2.07. The van der Waals surface area contributed by atoms with E-state index in [0.29, 0.717) is 25.0 Å². The van der Waals surface area contributed by atoms with Crippen LogP contribution in [0.3, 0.4) is 0 Å². The number of ether oxygens (including phenoxy) is 1. The van der Waals surface area contributed by atoms with Gasteiger partial charge in [-0.25, -0.2) is 0 Å². The molecule has 1 aromatic rings. The third kappa shape index (κ3) is 3.32. The number of hydrogen-bond acceptors (Lipinski definition) is 3. The molecule has 0 saturated carbocycles. The van der Waals surface area contributed by atoms with Gasteiger partial charge in [-0.3, -0.25) is 4.79 Å². The summed E-state index contributed by atoms with van der Waals surface area (Å²) in [5.74, 6) is 0.370. The van der Waals surface area contributed by atoms with Crippen LogP contribution in [0.4, 0.5) is 0 Å². The molecule has 0 aliphatic heterocycles. The molecule has 100 valence electrons. The molecule has 2 rings (SSSR count). The fourth-order valence-electron chi connectivity index (χ4n) is 2.21. The van der Waals surface area contributed by atoms with E-state index < -0.39 is 5.60 Å². The lowest BCUT2D eigenvalue weighted by atomic mass is 9.85. The molecule has 0 amide bonds. The normalized spacial score (nSPS) is 23.5. The van der Waals surface area contributed by atoms with Crippen molar-refractivity contribution in [3.63, 3.8) is 0 Å². The number of carbonyl (C=O) groups excluding carboxylic acids is 1. The first kappa shape index (κ1) is 13.6. The van der Waals surface area contributed by atoms with Gasteiger partial charge in [0, 0.05) is 18.9 Å². The predicted octanol–water partition coefficient (Wildman–Crippen LogP) is 2.71. The minimum atomic E-state index is -1.06. The number of ketones is 1. The number of methoxy groups -OCH3 is 1. The lowest BCUT2D eigenvalue weighted by molar-refractivity contribution is -0.117. The molecular weight excluding hydrogens is 240 g/mol. The van der Waals surface area contributed by atoms with Gasteiger partial charge in [-0.15, -0.1) is 0 Å². The Kier molecular flexibility index (Phi) is 4.17. The summed E-state index contributed by atoms with van der Waals surface area (Å²) in [5, 5.41) is 10.5. The molecule has 0 fully saturated rings. The van der Waals surface area contributed by atoms with Gasteiger partial charge in [-0.2, -0.15) is 0 Å². The number of hydrogen-bond donors (Lipinski definition) is 1. The predicted molar refractivity (Wildman–Crippen MR) is 74.4 cm³/mol. The van der Waals surface area contributed by atoms with Gasteiger partial charge in [0.2, 0.25) is 0 Å². The smallest absolute Gasteiger partial charge is 0.159 e. The van der Waals surface area contributed by atoms with E-state index in [9.17, 15) is 9.90 Å². The summed E-state index contributed by atoms with van der Waals surface area (Å²) in [6.07, 6.45) is 6.49. The van der Waals surface area contributed by atoms with Gasteiger partial charge in [0.25, 0.3) is 0 Å². The molecule has 1 aliphatic rings. The van der Waals surface area contributed by atoms with Crippen molar-refractivity contribution >= 4 is 11.9 Å². The second-order valence-electron chi connectivity index (χ2n) is 4.73. The van der Waals surface area contributed by atoms with Crippen LogP contribution in [0.1, 0.15) is 24.8 Å². The van der Waals surface area contributed by atoms with Gasteiger partial charge in [0.15, 0.2) is 5.78 Å². The van der Waals surface area contributed by atoms with Crippen LogP contribution < -0.4 is 0 Å². The zero-order chi connectivity index (χ0) is 13.7. The molecule has 3 nitrogen and oxygen atoms in total. The Labute approximate surface area is 113 Å². The summed E-state index contributed by atoms with van der Waals surface area (Å²) < 4.78 is 5.14. The molecule has 0 unspecified atom stereocenters. The molecule has 1 atom stereocenters. The molecule has 0 heterocycles. The summed E-state index contributed by atoms with van der Waals surface area (Å²) in [6.45, 7) is 0. The molecule has 1 aromatic carbocycles. The van der Waals surface area contributed by atoms with Crippen molar-refractivity contribution in [2.24, 2.45) is 0 Å². The first-order valence-electron chi connectivity index (χ1n) is 6.37. The number of carbonyl (C=O) groups is 1. The molecule has 0 aromatic heterocycles. The maximum Gasteiger partial charge on any atom is 0.159 e. The molecule has 1 N–H and O–H groups in total. The third-order valence-electron chi connectivity index (χ3n) is 3.32. The Bertz CT molecular complexity index is 502. The fourth-order valence-corrected chi connectivity index (χ4v) is 2.21. The van der Waals surface area contributed by atoms with Crippen molar-refractivity contribution in [2.45, 2.75) is 24.9 Å². The Morgan fingerprint density at radius 1 is 1.37 bits per heavy atom. The van der Waals surface area contributed by atoms with Gasteiger partial charge in [-0.05, 0) is 12.0 Å². The van der Waals surface area contributed by atoms with Gasteiger partial charge in [0.05, 0.1) is 7.11 Å². The second-order valence-corrected chi connectivity index (χ2v) is 4.73. The molecular formula is C16H18O3. The minimum Gasteiger partial charge on any atom is -0.498 e. The highest BCUT2D eigenvalue weighted by atomic mass is 16.5. The maximum atomic E-state index is 11.3. The van der Waals surface area contributed by atoms with Crippen LogP contribution in [-0.2, 0) is 9.53 Å². The SMILES string of the molecule is COC1=CC(=O)CC[C@]1(O)CC=Cc1ccccc1. The number of rotatable bonds is 4. The zero-order valence-electron chi connectivity index (χ0n) is 11.0. The summed E-state index contributed by atoms with van der Waals surface area (Å²) in [4.78, 5) is 11.3. The van der Waals surface area contributed by atoms with Gasteiger partial charge in [-0.1, -0.05) is 42.5 Å². The highest BCUT2D eigenvalue weighted by molar-refractivity contribution is 5.91. The average Bonchev–Trinajstić information content (AvgIpc) is 2.43. The number of allylic oxidation sites excluding steroid dienone is 1. The highest BCUT2D eigenvalue weighted by Crippen LogP contribution is 2.31. The van der Waals surface area contributed by atoms with Crippen LogP contribution in [0.25, 0.3) is 6.08 Å². The average molecular weight is 258 g/mol. The van der Waals surface area contributed by atoms with Crippen molar-refractivity contribution in [1.29, 1.82) is 0 Å². The molecule has 0 saturated heterocycles. The van der Waals surface area contributed by atoms with Crippen molar-refractivity contribution in [2.75, 3.05) is 7.11 Å². The molecule has 0 radical (unpaired) electrons. The molecule has 0 bridgehead atoms. The van der Waals surface area contributed by atoms with Crippen LogP contribution in [0.2, 0.25) is 0 Å². The third-order valence-corrected chi connectivity index (χ3v) is 3.32. The molecule has 19 heavy (non-hydrogen) atoms. The van der Waals surface area contributed by atoms with Crippen LogP contribution in [0, 0.1) is 0 Å². The van der Waals surface area contributed by atoms with E-state index in [1.54, 1.807) is 0 Å². The molecule has 3 heteroatoms. The Morgan fingerprint density at radius 3 is 2.79 bits per heavy atom. The van der Waals surface area contributed by atoms with Crippen molar-refractivity contribution in [3.8, 4) is 0 Å². The van der Waals surface area contributed by atoms with Crippen LogP contribution in [0.15, 0.2) is 48.2 Å². The van der Waals surface area contributed by atoms with Gasteiger partial charge >= 0.3 is 0 Å². The number of aliphatic hydroxyl groups is 1. The van der Waals surface area contributed by atoms with Crippen LogP contribution >= 0.6 is 0 Å². The Hall–Kier alpha value is -1.87. The van der Waals surface area contributed by atoms with Crippen molar-refractivity contribution in [1.82, 2.24) is 0 Å². The summed E-state index contributed by atoms with van der Waals surface area (Å²) in [5.41, 5.74) is 0.0226. The minimum absolute atomic E-state index is 0.00793. The second kappa shape index (κ2) is 5.85. The molecule has 1 aliphatic carbocycles. The van der Waals surface area contributed by atoms with E-state index in [4.69, 9.17) is 4.74 Å². The van der Waals surface area contributed by atoms with Crippen LogP contribution in [-0.4, -0.2) is 23.6 Å². The van der Waals surface area contributed by atoms with E-state index in [1.807, 2.05) is 42.5 Å². The fraction of sp³-hybridized carbons (Fsp3) is 0.312. The maximum absolute atomic E-state index is 11.3. The lowest BCUT2D eigenvalue weighted by Gasteiger charge is -2.31. The lowest BCUT2D eigenvalue weighted by Crippen LogP contribution is -2.35. The molecule has 0 spiro atoms. The van der Waals surface area contributed by atoms with E-state index in [0.717, 1.165) is 5.56 Å². The van der Waals surface area contributed by atoms with Crippen molar-refractivity contribution in [3.05, 3.63) is 53.8 Å². The summed E-state index contributed by atoms with van der Waals surface area (Å²) >= 11 is 0. The quantitative estimate of drug-likeness (QED) is 0.903.